The standard InChI is InChI=1S/C13H18F2N2O2S/c1-8-10(20-9(2)17-8)4-7-16-11(18)13(14,15)12(19)5-3-6-12/h19H,3-7H2,1-2H3,(H,16,18). The van der Waals surface area contributed by atoms with E-state index in [1.165, 1.54) is 11.3 Å². The lowest BCUT2D eigenvalue weighted by atomic mass is 9.75. The van der Waals surface area contributed by atoms with Gasteiger partial charge in [0.1, 0.15) is 5.60 Å². The summed E-state index contributed by atoms with van der Waals surface area (Å²) in [5, 5.41) is 12.8. The van der Waals surface area contributed by atoms with Gasteiger partial charge in [0.25, 0.3) is 5.91 Å². The van der Waals surface area contributed by atoms with Crippen molar-refractivity contribution in [3.05, 3.63) is 15.6 Å². The molecule has 1 aromatic heterocycles. The molecule has 1 aromatic rings. The van der Waals surface area contributed by atoms with Crippen LogP contribution < -0.4 is 5.32 Å². The Bertz CT molecular complexity index is 512. The van der Waals surface area contributed by atoms with Gasteiger partial charge in [0.2, 0.25) is 0 Å². The van der Waals surface area contributed by atoms with Crippen molar-refractivity contribution in [1.29, 1.82) is 0 Å². The lowest BCUT2D eigenvalue weighted by molar-refractivity contribution is -0.215. The summed E-state index contributed by atoms with van der Waals surface area (Å²) in [6.07, 6.45) is 0.942. The van der Waals surface area contributed by atoms with Crippen LogP contribution in [0.4, 0.5) is 8.78 Å². The Morgan fingerprint density at radius 2 is 2.15 bits per heavy atom. The molecule has 0 unspecified atom stereocenters. The van der Waals surface area contributed by atoms with Crippen molar-refractivity contribution in [1.82, 2.24) is 10.3 Å². The Morgan fingerprint density at radius 1 is 1.50 bits per heavy atom. The van der Waals surface area contributed by atoms with Crippen LogP contribution in [-0.4, -0.2) is 34.1 Å². The smallest absolute Gasteiger partial charge is 0.352 e. The van der Waals surface area contributed by atoms with Gasteiger partial charge in [-0.25, -0.2) is 4.98 Å². The number of thiazole rings is 1. The number of amides is 1. The Hall–Kier alpha value is -1.08. The minimum Gasteiger partial charge on any atom is -0.383 e. The predicted octanol–water partition coefficient (Wildman–Crippen LogP) is 1.97. The average molecular weight is 304 g/mol. The van der Waals surface area contributed by atoms with E-state index in [2.05, 4.69) is 10.3 Å². The number of alkyl halides is 2. The Morgan fingerprint density at radius 3 is 2.60 bits per heavy atom. The van der Waals surface area contributed by atoms with Crippen molar-refractivity contribution in [2.24, 2.45) is 0 Å². The molecule has 0 bridgehead atoms. The van der Waals surface area contributed by atoms with Crippen molar-refractivity contribution in [3.8, 4) is 0 Å². The fourth-order valence-electron chi connectivity index (χ4n) is 2.24. The van der Waals surface area contributed by atoms with E-state index in [9.17, 15) is 18.7 Å². The van der Waals surface area contributed by atoms with Gasteiger partial charge in [-0.1, -0.05) is 0 Å². The SMILES string of the molecule is Cc1nc(C)c(CCNC(=O)C(F)(F)C2(O)CCC2)s1. The fourth-order valence-corrected chi connectivity index (χ4v) is 3.18. The van der Waals surface area contributed by atoms with Crippen LogP contribution in [0, 0.1) is 13.8 Å². The highest BCUT2D eigenvalue weighted by Gasteiger charge is 2.60. The molecular weight excluding hydrogens is 286 g/mol. The summed E-state index contributed by atoms with van der Waals surface area (Å²) in [6.45, 7) is 3.85. The Labute approximate surface area is 120 Å². The summed E-state index contributed by atoms with van der Waals surface area (Å²) < 4.78 is 27.6. The predicted molar refractivity (Wildman–Crippen MR) is 72.0 cm³/mol. The molecule has 0 atom stereocenters. The van der Waals surface area contributed by atoms with E-state index in [1.807, 2.05) is 13.8 Å². The van der Waals surface area contributed by atoms with Gasteiger partial charge in [0.15, 0.2) is 0 Å². The van der Waals surface area contributed by atoms with Crippen LogP contribution in [0.1, 0.15) is 34.8 Å². The molecule has 1 amide bonds. The van der Waals surface area contributed by atoms with Gasteiger partial charge in [-0.3, -0.25) is 4.79 Å². The second-order valence-corrected chi connectivity index (χ2v) is 6.49. The van der Waals surface area contributed by atoms with Crippen LogP contribution in [0.15, 0.2) is 0 Å². The third-order valence-corrected chi connectivity index (χ3v) is 4.82. The van der Waals surface area contributed by atoms with Gasteiger partial charge in [0.05, 0.1) is 10.7 Å². The number of aromatic nitrogens is 1. The first-order chi connectivity index (χ1) is 9.26. The minimum atomic E-state index is -3.72. The van der Waals surface area contributed by atoms with Gasteiger partial charge >= 0.3 is 5.92 Å². The third-order valence-electron chi connectivity index (χ3n) is 3.69. The summed E-state index contributed by atoms with van der Waals surface area (Å²) >= 11 is 1.50. The van der Waals surface area contributed by atoms with Gasteiger partial charge < -0.3 is 10.4 Å². The zero-order chi connectivity index (χ0) is 15.0. The topological polar surface area (TPSA) is 62.2 Å². The van der Waals surface area contributed by atoms with Gasteiger partial charge in [-0.05, 0) is 33.1 Å². The van der Waals surface area contributed by atoms with Crippen LogP contribution in [0.2, 0.25) is 0 Å². The largest absolute Gasteiger partial charge is 0.383 e. The lowest BCUT2D eigenvalue weighted by Crippen LogP contribution is -2.60. The first-order valence-corrected chi connectivity index (χ1v) is 7.39. The molecule has 0 aliphatic heterocycles. The summed E-state index contributed by atoms with van der Waals surface area (Å²) in [5.41, 5.74) is -1.29. The van der Waals surface area contributed by atoms with Crippen LogP contribution in [-0.2, 0) is 11.2 Å². The van der Waals surface area contributed by atoms with Crippen LogP contribution in [0.25, 0.3) is 0 Å². The normalized spacial score (nSPS) is 17.6. The molecule has 1 heterocycles. The van der Waals surface area contributed by atoms with Crippen molar-refractivity contribution >= 4 is 17.2 Å². The van der Waals surface area contributed by atoms with E-state index in [0.717, 1.165) is 15.6 Å². The highest BCUT2D eigenvalue weighted by Crippen LogP contribution is 2.44. The maximum absolute atomic E-state index is 13.8. The van der Waals surface area contributed by atoms with Crippen LogP contribution in [0.5, 0.6) is 0 Å². The maximum Gasteiger partial charge on any atom is 0.352 e. The van der Waals surface area contributed by atoms with Gasteiger partial charge in [0, 0.05) is 17.8 Å². The lowest BCUT2D eigenvalue weighted by Gasteiger charge is -2.41. The number of carbonyl (C=O) groups excluding carboxylic acids is 1. The highest BCUT2D eigenvalue weighted by atomic mass is 32.1. The number of hydrogen-bond donors (Lipinski definition) is 2. The number of halogens is 2. The van der Waals surface area contributed by atoms with Gasteiger partial charge in [-0.2, -0.15) is 8.78 Å². The first kappa shape index (κ1) is 15.3. The molecule has 112 valence electrons. The quantitative estimate of drug-likeness (QED) is 0.874. The van der Waals surface area contributed by atoms with Gasteiger partial charge in [-0.15, -0.1) is 11.3 Å². The number of aryl methyl sites for hydroxylation is 2. The molecule has 0 aromatic carbocycles. The fraction of sp³-hybridized carbons (Fsp3) is 0.692. The monoisotopic (exact) mass is 304 g/mol. The van der Waals surface area contributed by atoms with Crippen LogP contribution in [0.3, 0.4) is 0 Å². The first-order valence-electron chi connectivity index (χ1n) is 6.58. The molecule has 4 nitrogen and oxygen atoms in total. The third kappa shape index (κ3) is 2.69. The number of hydrogen-bond acceptors (Lipinski definition) is 4. The molecule has 2 rings (SSSR count). The van der Waals surface area contributed by atoms with E-state index >= 15 is 0 Å². The van der Waals surface area contributed by atoms with E-state index < -0.39 is 17.4 Å². The van der Waals surface area contributed by atoms with Crippen molar-refractivity contribution in [2.75, 3.05) is 6.54 Å². The second-order valence-electron chi connectivity index (χ2n) is 5.21. The molecule has 1 aliphatic rings. The highest BCUT2D eigenvalue weighted by molar-refractivity contribution is 7.11. The molecule has 1 saturated carbocycles. The number of rotatable bonds is 5. The molecule has 0 spiro atoms. The molecule has 0 radical (unpaired) electrons. The zero-order valence-corrected chi connectivity index (χ0v) is 12.3. The molecule has 20 heavy (non-hydrogen) atoms. The Kier molecular flexibility index (Phi) is 4.11. The number of aliphatic hydroxyl groups is 1. The van der Waals surface area contributed by atoms with E-state index in [0.29, 0.717) is 12.8 Å². The van der Waals surface area contributed by atoms with E-state index in [-0.39, 0.29) is 19.4 Å². The molecule has 2 N–H and O–H groups in total. The summed E-state index contributed by atoms with van der Waals surface area (Å²) in [5.74, 6) is -5.11. The zero-order valence-electron chi connectivity index (χ0n) is 11.5. The molecule has 0 saturated heterocycles. The Balaban J connectivity index is 1.88. The summed E-state index contributed by atoms with van der Waals surface area (Å²) in [6, 6.07) is 0. The van der Waals surface area contributed by atoms with Crippen LogP contribution >= 0.6 is 11.3 Å². The second kappa shape index (κ2) is 5.37. The van der Waals surface area contributed by atoms with E-state index in [1.54, 1.807) is 0 Å². The number of nitrogens with zero attached hydrogens (tertiary/aromatic N) is 1. The van der Waals surface area contributed by atoms with Crippen molar-refractivity contribution in [2.45, 2.75) is 51.1 Å². The summed E-state index contributed by atoms with van der Waals surface area (Å²) in [7, 11) is 0. The average Bonchev–Trinajstić information content (AvgIpc) is 2.64. The van der Waals surface area contributed by atoms with E-state index in [4.69, 9.17) is 0 Å². The minimum absolute atomic E-state index is 0.0272. The number of nitrogens with one attached hydrogen (secondary N) is 1. The molecule has 7 heteroatoms. The number of carbonyl (C=O) groups is 1. The summed E-state index contributed by atoms with van der Waals surface area (Å²) in [4.78, 5) is 16.8. The molecule has 1 aliphatic carbocycles. The maximum atomic E-state index is 13.8. The van der Waals surface area contributed by atoms with Crippen molar-refractivity contribution in [3.63, 3.8) is 0 Å². The van der Waals surface area contributed by atoms with Crippen molar-refractivity contribution < 1.29 is 18.7 Å². The molecule has 1 fully saturated rings. The molecular formula is C13H18F2N2O2S.